The Labute approximate surface area is 205 Å². The summed E-state index contributed by atoms with van der Waals surface area (Å²) < 4.78 is 4.89. The second kappa shape index (κ2) is 10.1. The molecule has 1 spiro atoms. The molecule has 0 bridgehead atoms. The highest BCUT2D eigenvalue weighted by atomic mass is 16.5. The van der Waals surface area contributed by atoms with Gasteiger partial charge in [0, 0.05) is 5.69 Å². The maximum Gasteiger partial charge on any atom is 0.326 e. The summed E-state index contributed by atoms with van der Waals surface area (Å²) in [5.74, 6) is -1.75. The van der Waals surface area contributed by atoms with Gasteiger partial charge in [0.25, 0.3) is 11.8 Å². The van der Waals surface area contributed by atoms with Crippen LogP contribution in [0, 0.1) is 25.2 Å². The minimum absolute atomic E-state index is 0.118. The van der Waals surface area contributed by atoms with Crippen molar-refractivity contribution in [2.75, 3.05) is 18.5 Å². The van der Waals surface area contributed by atoms with E-state index in [0.717, 1.165) is 28.9 Å². The fourth-order valence-electron chi connectivity index (χ4n) is 4.66. The van der Waals surface area contributed by atoms with E-state index in [9.17, 15) is 24.0 Å². The van der Waals surface area contributed by atoms with Crippen LogP contribution in [0.4, 0.5) is 15.3 Å². The topological polar surface area (TPSA) is 134 Å². The summed E-state index contributed by atoms with van der Waals surface area (Å²) in [4.78, 5) is 62.6. The molecule has 35 heavy (non-hydrogen) atoms. The molecule has 3 rings (SSSR count). The molecule has 1 heterocycles. The first-order valence-corrected chi connectivity index (χ1v) is 11.8. The van der Waals surface area contributed by atoms with Crippen molar-refractivity contribution in [1.82, 2.24) is 15.5 Å². The lowest BCUT2D eigenvalue weighted by molar-refractivity contribution is -0.151. The average molecular weight is 487 g/mol. The van der Waals surface area contributed by atoms with E-state index in [2.05, 4.69) is 36.7 Å². The number of ether oxygens (including phenoxy) is 1. The summed E-state index contributed by atoms with van der Waals surface area (Å²) in [5, 5.41) is 7.41. The first kappa shape index (κ1) is 26.2. The monoisotopic (exact) mass is 486 g/mol. The molecular weight excluding hydrogens is 452 g/mol. The van der Waals surface area contributed by atoms with Gasteiger partial charge in [0.05, 0.1) is 0 Å². The number of hydrogen-bond acceptors (Lipinski definition) is 6. The number of carbonyl (C=O) groups excluding carboxylic acids is 5. The Morgan fingerprint density at radius 3 is 2.43 bits per heavy atom. The van der Waals surface area contributed by atoms with Crippen LogP contribution in [-0.4, -0.2) is 53.4 Å². The molecule has 1 aliphatic heterocycles. The number of urea groups is 2. The maximum absolute atomic E-state index is 13.0. The Morgan fingerprint density at radius 2 is 1.80 bits per heavy atom. The van der Waals surface area contributed by atoms with Gasteiger partial charge in [0.1, 0.15) is 12.1 Å². The predicted molar refractivity (Wildman–Crippen MR) is 128 cm³/mol. The number of amides is 6. The molecule has 0 aromatic heterocycles. The Bertz CT molecular complexity index is 1040. The van der Waals surface area contributed by atoms with Gasteiger partial charge in [0.2, 0.25) is 0 Å². The van der Waals surface area contributed by atoms with E-state index >= 15 is 0 Å². The molecular formula is C25H34N4O6. The van der Waals surface area contributed by atoms with Crippen molar-refractivity contribution in [2.24, 2.45) is 11.3 Å². The van der Waals surface area contributed by atoms with E-state index in [-0.39, 0.29) is 5.41 Å². The Kier molecular flexibility index (Phi) is 7.52. The zero-order valence-electron chi connectivity index (χ0n) is 20.9. The van der Waals surface area contributed by atoms with Crippen LogP contribution >= 0.6 is 0 Å². The van der Waals surface area contributed by atoms with Gasteiger partial charge in [-0.15, -0.1) is 0 Å². The third-order valence-corrected chi connectivity index (χ3v) is 7.07. The molecule has 0 unspecified atom stereocenters. The number of hydrogen-bond donors (Lipinski definition) is 3. The summed E-state index contributed by atoms with van der Waals surface area (Å²) in [5.41, 5.74) is 1.53. The normalized spacial score (nSPS) is 22.1. The van der Waals surface area contributed by atoms with Crippen LogP contribution in [0.25, 0.3) is 0 Å². The lowest BCUT2D eigenvalue weighted by atomic mass is 9.67. The van der Waals surface area contributed by atoms with E-state index in [1.807, 2.05) is 19.9 Å². The molecule has 6 amide bonds. The van der Waals surface area contributed by atoms with Crippen molar-refractivity contribution in [2.45, 2.75) is 65.8 Å². The van der Waals surface area contributed by atoms with Gasteiger partial charge in [-0.1, -0.05) is 32.9 Å². The molecule has 2 aliphatic rings. The fourth-order valence-corrected chi connectivity index (χ4v) is 4.66. The fraction of sp³-hybridized carbons (Fsp3) is 0.560. The Hall–Kier alpha value is -3.43. The number of imide groups is 2. The van der Waals surface area contributed by atoms with Crippen LogP contribution in [0.1, 0.15) is 57.6 Å². The lowest BCUT2D eigenvalue weighted by Crippen LogP contribution is -2.50. The third-order valence-electron chi connectivity index (χ3n) is 7.07. The van der Waals surface area contributed by atoms with Crippen LogP contribution in [-0.2, 0) is 19.1 Å². The zero-order valence-corrected chi connectivity index (χ0v) is 20.9. The van der Waals surface area contributed by atoms with Crippen LogP contribution in [0.2, 0.25) is 0 Å². The molecule has 190 valence electrons. The Morgan fingerprint density at radius 1 is 1.14 bits per heavy atom. The minimum Gasteiger partial charge on any atom is -0.454 e. The number of nitrogens with one attached hydrogen (secondary N) is 3. The van der Waals surface area contributed by atoms with E-state index in [4.69, 9.17) is 4.74 Å². The van der Waals surface area contributed by atoms with Crippen molar-refractivity contribution < 1.29 is 28.7 Å². The molecule has 10 heteroatoms. The summed E-state index contributed by atoms with van der Waals surface area (Å²) in [6.45, 7) is 8.90. The predicted octanol–water partition coefficient (Wildman–Crippen LogP) is 3.02. The number of aryl methyl sites for hydroxylation is 1. The molecule has 1 aromatic carbocycles. The van der Waals surface area contributed by atoms with Gasteiger partial charge < -0.3 is 15.4 Å². The average Bonchev–Trinajstić information content (AvgIpc) is 2.99. The van der Waals surface area contributed by atoms with Gasteiger partial charge in [-0.2, -0.15) is 0 Å². The van der Waals surface area contributed by atoms with Crippen LogP contribution in [0.5, 0.6) is 0 Å². The Balaban J connectivity index is 1.46. The van der Waals surface area contributed by atoms with Gasteiger partial charge >= 0.3 is 18.0 Å². The highest BCUT2D eigenvalue weighted by Crippen LogP contribution is 2.43. The zero-order chi connectivity index (χ0) is 26.0. The number of nitrogens with zero attached hydrogens (tertiary/aromatic N) is 1. The third kappa shape index (κ3) is 5.98. The molecule has 1 saturated carbocycles. The largest absolute Gasteiger partial charge is 0.454 e. The van der Waals surface area contributed by atoms with Gasteiger partial charge in [-0.3, -0.25) is 24.6 Å². The number of anilines is 1. The molecule has 2 fully saturated rings. The van der Waals surface area contributed by atoms with Crippen molar-refractivity contribution in [1.29, 1.82) is 0 Å². The van der Waals surface area contributed by atoms with Crippen molar-refractivity contribution >= 4 is 35.5 Å². The molecule has 3 N–H and O–H groups in total. The number of carbonyl (C=O) groups is 5. The molecule has 1 saturated heterocycles. The standard InChI is InChI=1S/C25H34N4O6/c1-15-7-6-8-18(16(15)2)26-22(33)27-19(30)14-35-20(31)13-29-21(32)25(28-23(29)34)11-9-17(10-12-25)24(3,4)5/h6-8,17H,9-14H2,1-5H3,(H,28,34)(H2,26,27,30,33). The highest BCUT2D eigenvalue weighted by Gasteiger charge is 2.53. The number of rotatable bonds is 5. The highest BCUT2D eigenvalue weighted by molar-refractivity contribution is 6.09. The van der Waals surface area contributed by atoms with Crippen molar-refractivity contribution in [3.05, 3.63) is 29.3 Å². The number of benzene rings is 1. The smallest absolute Gasteiger partial charge is 0.326 e. The molecule has 0 radical (unpaired) electrons. The van der Waals surface area contributed by atoms with E-state index in [1.165, 1.54) is 0 Å². The second-order valence-electron chi connectivity index (χ2n) is 10.5. The van der Waals surface area contributed by atoms with Crippen LogP contribution in [0.3, 0.4) is 0 Å². The second-order valence-corrected chi connectivity index (χ2v) is 10.5. The first-order valence-electron chi connectivity index (χ1n) is 11.8. The quantitative estimate of drug-likeness (QED) is 0.433. The minimum atomic E-state index is -0.984. The number of esters is 1. The SMILES string of the molecule is Cc1cccc(NC(=O)NC(=O)COC(=O)CN2C(=O)NC3(CCC(C(C)(C)C)CC3)C2=O)c1C. The molecule has 1 aromatic rings. The summed E-state index contributed by atoms with van der Waals surface area (Å²) in [7, 11) is 0. The maximum atomic E-state index is 13.0. The van der Waals surface area contributed by atoms with Crippen LogP contribution in [0.15, 0.2) is 18.2 Å². The molecule has 1 aliphatic carbocycles. The van der Waals surface area contributed by atoms with Gasteiger partial charge in [-0.25, -0.2) is 9.59 Å². The molecule has 10 nitrogen and oxygen atoms in total. The van der Waals surface area contributed by atoms with Gasteiger partial charge in [0.15, 0.2) is 6.61 Å². The summed E-state index contributed by atoms with van der Waals surface area (Å²) in [6.07, 6.45) is 2.64. The van der Waals surface area contributed by atoms with Gasteiger partial charge in [-0.05, 0) is 68.1 Å². The summed E-state index contributed by atoms with van der Waals surface area (Å²) in [6, 6.07) is 3.97. The van der Waals surface area contributed by atoms with Crippen molar-refractivity contribution in [3.63, 3.8) is 0 Å². The van der Waals surface area contributed by atoms with E-state index in [0.29, 0.717) is 24.4 Å². The van der Waals surface area contributed by atoms with Crippen LogP contribution < -0.4 is 16.0 Å². The van der Waals surface area contributed by atoms with E-state index < -0.39 is 48.5 Å². The summed E-state index contributed by atoms with van der Waals surface area (Å²) >= 11 is 0. The first-order chi connectivity index (χ1) is 16.3. The molecule has 0 atom stereocenters. The van der Waals surface area contributed by atoms with E-state index in [1.54, 1.807) is 12.1 Å². The lowest BCUT2D eigenvalue weighted by Gasteiger charge is -2.40. The van der Waals surface area contributed by atoms with Crippen molar-refractivity contribution in [3.8, 4) is 0 Å².